The van der Waals surface area contributed by atoms with E-state index in [0.717, 1.165) is 36.4 Å². The number of anilines is 1. The number of nitriles is 1. The largest absolute Gasteiger partial charge is 0.383 e. The molecular weight excluding hydrogens is 222 g/mol. The van der Waals surface area contributed by atoms with Crippen LogP contribution >= 0.6 is 0 Å². The minimum absolute atomic E-state index is 0.336. The Morgan fingerprint density at radius 1 is 1.39 bits per heavy atom. The van der Waals surface area contributed by atoms with Gasteiger partial charge in [0, 0.05) is 6.54 Å². The van der Waals surface area contributed by atoms with Crippen LogP contribution in [0.3, 0.4) is 0 Å². The fraction of sp³-hybridized carbons (Fsp3) is 0.533. The molecule has 0 spiro atoms. The molecule has 18 heavy (non-hydrogen) atoms. The average Bonchev–Trinajstić information content (AvgIpc) is 2.38. The normalized spacial score (nSPS) is 18.1. The number of benzene rings is 1. The molecule has 0 aromatic heterocycles. The van der Waals surface area contributed by atoms with E-state index in [1.807, 2.05) is 25.1 Å². The van der Waals surface area contributed by atoms with Crippen LogP contribution in [-0.4, -0.2) is 19.6 Å². The molecule has 0 saturated carbocycles. The van der Waals surface area contributed by atoms with Crippen LogP contribution < -0.4 is 10.6 Å². The maximum absolute atomic E-state index is 9.14. The Labute approximate surface area is 109 Å². The highest BCUT2D eigenvalue weighted by atomic mass is 14.9. The van der Waals surface area contributed by atoms with Gasteiger partial charge < -0.3 is 10.6 Å². The second-order valence-electron chi connectivity index (χ2n) is 5.58. The van der Waals surface area contributed by atoms with Gasteiger partial charge in [0.05, 0.1) is 11.3 Å². The van der Waals surface area contributed by atoms with Crippen LogP contribution in [-0.2, 0) is 0 Å². The Bertz CT molecular complexity index is 453. The summed E-state index contributed by atoms with van der Waals surface area (Å²) in [6, 6.07) is 8.26. The number of rotatable bonds is 3. The van der Waals surface area contributed by atoms with Crippen molar-refractivity contribution in [1.29, 1.82) is 5.26 Å². The van der Waals surface area contributed by atoms with Gasteiger partial charge in [-0.2, -0.15) is 5.26 Å². The van der Waals surface area contributed by atoms with E-state index in [-0.39, 0.29) is 0 Å². The third-order valence-corrected chi connectivity index (χ3v) is 3.81. The molecule has 1 fully saturated rings. The van der Waals surface area contributed by atoms with Gasteiger partial charge in [-0.05, 0) is 56.0 Å². The van der Waals surface area contributed by atoms with Gasteiger partial charge in [-0.1, -0.05) is 13.0 Å². The van der Waals surface area contributed by atoms with E-state index in [4.69, 9.17) is 5.26 Å². The van der Waals surface area contributed by atoms with Crippen LogP contribution in [0.15, 0.2) is 18.2 Å². The second-order valence-corrected chi connectivity index (χ2v) is 5.58. The molecule has 1 saturated heterocycles. The molecule has 2 N–H and O–H groups in total. The van der Waals surface area contributed by atoms with Gasteiger partial charge in [-0.15, -0.1) is 0 Å². The molecule has 1 aliphatic heterocycles. The third kappa shape index (κ3) is 3.02. The Morgan fingerprint density at radius 2 is 2.11 bits per heavy atom. The van der Waals surface area contributed by atoms with Crippen molar-refractivity contribution in [2.75, 3.05) is 25.0 Å². The van der Waals surface area contributed by atoms with Crippen LogP contribution in [0.2, 0.25) is 0 Å². The fourth-order valence-electron chi connectivity index (χ4n) is 2.42. The molecule has 0 radical (unpaired) electrons. The summed E-state index contributed by atoms with van der Waals surface area (Å²) in [5, 5.41) is 16.0. The second kappa shape index (κ2) is 5.41. The third-order valence-electron chi connectivity index (χ3n) is 3.81. The monoisotopic (exact) mass is 243 g/mol. The predicted octanol–water partition coefficient (Wildman–Crippen LogP) is 2.67. The summed E-state index contributed by atoms with van der Waals surface area (Å²) in [6.07, 6.45) is 2.38. The first kappa shape index (κ1) is 12.9. The molecule has 1 heterocycles. The number of hydrogen-bond donors (Lipinski definition) is 2. The van der Waals surface area contributed by atoms with Crippen molar-refractivity contribution in [2.45, 2.75) is 26.7 Å². The van der Waals surface area contributed by atoms with E-state index in [9.17, 15) is 0 Å². The molecular formula is C15H21N3. The number of aryl methyl sites for hydroxylation is 1. The van der Waals surface area contributed by atoms with Gasteiger partial charge in [0.1, 0.15) is 6.07 Å². The molecule has 3 heteroatoms. The molecule has 0 unspecified atom stereocenters. The standard InChI is InChI=1S/C15H21N3/c1-12-3-4-14(13(9-12)10-16)18-11-15(2)5-7-17-8-6-15/h3-4,9,17-18H,5-8,11H2,1-2H3. The van der Waals surface area contributed by atoms with Crippen molar-refractivity contribution in [2.24, 2.45) is 5.41 Å². The molecule has 3 nitrogen and oxygen atoms in total. The molecule has 96 valence electrons. The Hall–Kier alpha value is -1.53. The first-order chi connectivity index (χ1) is 8.63. The van der Waals surface area contributed by atoms with E-state index in [2.05, 4.69) is 23.6 Å². The van der Waals surface area contributed by atoms with Crippen molar-refractivity contribution < 1.29 is 0 Å². The Balaban J connectivity index is 2.04. The molecule has 0 atom stereocenters. The molecule has 0 amide bonds. The number of nitrogens with zero attached hydrogens (tertiary/aromatic N) is 1. The summed E-state index contributed by atoms with van der Waals surface area (Å²) in [7, 11) is 0. The number of nitrogens with one attached hydrogen (secondary N) is 2. The van der Waals surface area contributed by atoms with E-state index in [0.29, 0.717) is 5.41 Å². The lowest BCUT2D eigenvalue weighted by Gasteiger charge is -2.34. The van der Waals surface area contributed by atoms with Crippen LogP contribution in [0.4, 0.5) is 5.69 Å². The quantitative estimate of drug-likeness (QED) is 0.858. The van der Waals surface area contributed by atoms with Crippen LogP contribution in [0, 0.1) is 23.7 Å². The maximum Gasteiger partial charge on any atom is 0.101 e. The van der Waals surface area contributed by atoms with Crippen molar-refractivity contribution in [3.63, 3.8) is 0 Å². The minimum Gasteiger partial charge on any atom is -0.383 e. The van der Waals surface area contributed by atoms with Gasteiger partial charge in [0.25, 0.3) is 0 Å². The summed E-state index contributed by atoms with van der Waals surface area (Å²) in [4.78, 5) is 0. The lowest BCUT2D eigenvalue weighted by atomic mass is 9.81. The zero-order valence-electron chi connectivity index (χ0n) is 11.2. The lowest BCUT2D eigenvalue weighted by molar-refractivity contribution is 0.247. The lowest BCUT2D eigenvalue weighted by Crippen LogP contribution is -2.39. The first-order valence-corrected chi connectivity index (χ1v) is 6.58. The van der Waals surface area contributed by atoms with Gasteiger partial charge in [-0.3, -0.25) is 0 Å². The molecule has 0 bridgehead atoms. The topological polar surface area (TPSA) is 47.8 Å². The van der Waals surface area contributed by atoms with Crippen molar-refractivity contribution in [3.8, 4) is 6.07 Å². The summed E-state index contributed by atoms with van der Waals surface area (Å²) < 4.78 is 0. The molecule has 0 aliphatic carbocycles. The summed E-state index contributed by atoms with van der Waals surface area (Å²) in [5.74, 6) is 0. The van der Waals surface area contributed by atoms with E-state index in [1.54, 1.807) is 0 Å². The number of hydrogen-bond acceptors (Lipinski definition) is 3. The van der Waals surface area contributed by atoms with Crippen LogP contribution in [0.1, 0.15) is 30.9 Å². The van der Waals surface area contributed by atoms with Gasteiger partial charge in [0.15, 0.2) is 0 Å². The van der Waals surface area contributed by atoms with Crippen molar-refractivity contribution in [3.05, 3.63) is 29.3 Å². The Morgan fingerprint density at radius 3 is 2.78 bits per heavy atom. The van der Waals surface area contributed by atoms with E-state index < -0.39 is 0 Å². The highest BCUT2D eigenvalue weighted by Crippen LogP contribution is 2.28. The minimum atomic E-state index is 0.336. The maximum atomic E-state index is 9.14. The SMILES string of the molecule is Cc1ccc(NCC2(C)CCNCC2)c(C#N)c1. The van der Waals surface area contributed by atoms with Gasteiger partial charge >= 0.3 is 0 Å². The highest BCUT2D eigenvalue weighted by Gasteiger charge is 2.26. The van der Waals surface area contributed by atoms with E-state index in [1.165, 1.54) is 12.8 Å². The van der Waals surface area contributed by atoms with Crippen molar-refractivity contribution in [1.82, 2.24) is 5.32 Å². The fourth-order valence-corrected chi connectivity index (χ4v) is 2.42. The molecule has 2 rings (SSSR count). The zero-order valence-corrected chi connectivity index (χ0v) is 11.2. The van der Waals surface area contributed by atoms with Crippen LogP contribution in [0.25, 0.3) is 0 Å². The summed E-state index contributed by atoms with van der Waals surface area (Å²) in [6.45, 7) is 7.46. The summed E-state index contributed by atoms with van der Waals surface area (Å²) in [5.41, 5.74) is 3.17. The van der Waals surface area contributed by atoms with Crippen molar-refractivity contribution >= 4 is 5.69 Å². The Kier molecular flexibility index (Phi) is 3.88. The average molecular weight is 243 g/mol. The molecule has 1 aliphatic rings. The van der Waals surface area contributed by atoms with E-state index >= 15 is 0 Å². The highest BCUT2D eigenvalue weighted by molar-refractivity contribution is 5.58. The molecule has 1 aromatic rings. The molecule has 1 aromatic carbocycles. The predicted molar refractivity (Wildman–Crippen MR) is 74.6 cm³/mol. The summed E-state index contributed by atoms with van der Waals surface area (Å²) >= 11 is 0. The number of piperidine rings is 1. The van der Waals surface area contributed by atoms with Gasteiger partial charge in [0.2, 0.25) is 0 Å². The van der Waals surface area contributed by atoms with Crippen LogP contribution in [0.5, 0.6) is 0 Å². The smallest absolute Gasteiger partial charge is 0.101 e. The first-order valence-electron chi connectivity index (χ1n) is 6.58. The van der Waals surface area contributed by atoms with Gasteiger partial charge in [-0.25, -0.2) is 0 Å². The zero-order chi connectivity index (χ0) is 13.0.